The van der Waals surface area contributed by atoms with Crippen LogP contribution in [-0.2, 0) is 96.7 Å². The quantitative estimate of drug-likeness (QED) is 0.0129. The normalized spacial score (nSPS) is 12.4. The van der Waals surface area contributed by atoms with E-state index in [1.54, 1.807) is 51.1 Å². The van der Waals surface area contributed by atoms with Gasteiger partial charge in [0.05, 0.1) is 0 Å². The Morgan fingerprint density at radius 3 is 0.817 bits per heavy atom. The van der Waals surface area contributed by atoms with Crippen LogP contribution in [0.4, 0.5) is 4.79 Å². The number of aromatic nitrogens is 10. The highest BCUT2D eigenvalue weighted by atomic mass is 16.6. The third-order valence-corrected chi connectivity index (χ3v) is 18.4. The van der Waals surface area contributed by atoms with Gasteiger partial charge >= 0.3 is 40.5 Å². The molecule has 43 heteroatoms. The molecule has 0 unspecified atom stereocenters. The summed E-state index contributed by atoms with van der Waals surface area (Å²) in [6.07, 6.45) is 7.23. The maximum absolute atomic E-state index is 14.1. The number of aromatic amines is 5. The number of carbonyl (C=O) groups is 11. The van der Waals surface area contributed by atoms with Gasteiger partial charge < -0.3 is 62.6 Å². The third kappa shape index (κ3) is 32.9. The molecule has 0 bridgehead atoms. The highest BCUT2D eigenvalue weighted by Gasteiger charge is 2.29. The number of ether oxygens (including phenoxy) is 2. The number of esters is 1. The Bertz CT molecular complexity index is 5270. The van der Waals surface area contributed by atoms with Crippen molar-refractivity contribution in [2.75, 3.05) is 32.7 Å². The molecule has 10 amide bonds. The van der Waals surface area contributed by atoms with E-state index in [0.717, 1.165) is 29.0 Å². The van der Waals surface area contributed by atoms with Crippen LogP contribution in [-0.4, -0.2) is 182 Å². The van der Waals surface area contributed by atoms with Gasteiger partial charge in [-0.3, -0.25) is 115 Å². The fraction of sp³-hybridized carbons (Fsp3) is 0.519. The van der Waals surface area contributed by atoms with Crippen LogP contribution in [0.25, 0.3) is 0 Å². The molecule has 652 valence electrons. The lowest BCUT2D eigenvalue weighted by atomic mass is 10.1. The minimum Gasteiger partial charge on any atom is -0.459 e. The number of H-pyrrole nitrogens is 5. The number of aryl methyl sites for hydroxylation is 5. The first-order valence-corrected chi connectivity index (χ1v) is 39.1. The highest BCUT2D eigenvalue weighted by molar-refractivity contribution is 5.90. The molecule has 0 saturated heterocycles. The number of benzene rings is 1. The SMILES string of the molecule is Cc1cn(CC(=O)N[C@H](CCCCNC(=O)OC(C)(C)C)C(=O)NCCCC[C@@H](NC(=O)Cn2cc(C)c(=O)[nH]c2=O)C(=O)NCCCC[C@@H](NC(=O)Cn2cc(C)c(=O)[nH]c2=O)C(=O)NCCCC[C@@H](NC(=O)Cn2cc(C)c(=O)[nH]c2=O)C(=O)NCCCC[C@@H](NC(=O)Cn2cc(C)c(=O)[nH]c2=O)C(=O)OCc2ccccc2)c(=O)[nH]c1=O. The molecule has 5 heterocycles. The smallest absolute Gasteiger partial charge is 0.407 e. The monoisotopic (exact) mass is 1680 g/mol. The molecule has 0 aliphatic rings. The zero-order chi connectivity index (χ0) is 88.3. The van der Waals surface area contributed by atoms with Crippen LogP contribution in [0.1, 0.15) is 150 Å². The predicted octanol–water partition coefficient (Wildman–Crippen LogP) is -3.71. The summed E-state index contributed by atoms with van der Waals surface area (Å²) in [6.45, 7) is 9.12. The Hall–Kier alpha value is -13.4. The Labute approximate surface area is 684 Å². The lowest BCUT2D eigenvalue weighted by Gasteiger charge is -2.21. The Morgan fingerprint density at radius 2 is 0.567 bits per heavy atom. The van der Waals surface area contributed by atoms with Crippen molar-refractivity contribution < 1.29 is 62.2 Å². The van der Waals surface area contributed by atoms with Gasteiger partial charge in [-0.05, 0) is 157 Å². The summed E-state index contributed by atoms with van der Waals surface area (Å²) in [5.41, 5.74) is -7.19. The molecule has 6 aromatic rings. The van der Waals surface area contributed by atoms with Crippen LogP contribution >= 0.6 is 0 Å². The van der Waals surface area contributed by atoms with E-state index in [9.17, 15) is 101 Å². The fourth-order valence-corrected chi connectivity index (χ4v) is 12.0. The Kier molecular flexibility index (Phi) is 37.5. The number of hydrogen-bond donors (Lipinski definition) is 15. The van der Waals surface area contributed by atoms with E-state index in [2.05, 4.69) is 78.1 Å². The van der Waals surface area contributed by atoms with Crippen molar-refractivity contribution in [2.24, 2.45) is 0 Å². The van der Waals surface area contributed by atoms with E-state index in [-0.39, 0.29) is 151 Å². The van der Waals surface area contributed by atoms with Gasteiger partial charge in [0.15, 0.2) is 0 Å². The van der Waals surface area contributed by atoms with E-state index >= 15 is 0 Å². The molecule has 0 aliphatic heterocycles. The largest absolute Gasteiger partial charge is 0.459 e. The van der Waals surface area contributed by atoms with Gasteiger partial charge in [0.25, 0.3) is 27.8 Å². The molecule has 120 heavy (non-hydrogen) atoms. The van der Waals surface area contributed by atoms with Gasteiger partial charge in [0, 0.05) is 91.5 Å². The number of unbranched alkanes of at least 4 members (excludes halogenated alkanes) is 5. The van der Waals surface area contributed by atoms with Gasteiger partial charge in [-0.2, -0.15) is 0 Å². The summed E-state index contributed by atoms with van der Waals surface area (Å²) in [7, 11) is 0. The minimum atomic E-state index is -1.29. The molecule has 0 fully saturated rings. The van der Waals surface area contributed by atoms with Crippen molar-refractivity contribution in [3.63, 3.8) is 0 Å². The first kappa shape index (κ1) is 95.4. The lowest BCUT2D eigenvalue weighted by molar-refractivity contribution is -0.149. The first-order chi connectivity index (χ1) is 56.8. The molecular weight excluding hydrogens is 1570 g/mol. The maximum Gasteiger partial charge on any atom is 0.407 e. The second kappa shape index (κ2) is 47.1. The number of nitrogens with zero attached hydrogens (tertiary/aromatic N) is 5. The topological polar surface area (TPSA) is 601 Å². The standard InChI is InChI=1S/C77H106N20O23/c1-45-34-93(71(113)88-61(45)103)39-56(98)83-51(66(108)79-30-18-14-26-53(85-58(100)41-95-36-47(3)63(105)90-73(95)115)68(110)81-32-20-16-28-55(70(112)119-44-50-22-10-9-11-23-50)87-60(102)43-97-38-49(5)65(107)92-75(97)117)24-12-17-29-78-67(109)52(84-57(99)40-94-35-46(2)62(104)89-72(94)114)25-13-19-31-80-69(111)54(27-15-21-33-82-76(118)120-77(6,7)8)86-59(101)42-96-37-48(4)64(106)91-74(96)116/h9-11,22-23,34-38,51-55H,12-21,24-33,39-44H2,1-8H3,(H,78,109)(H,79,108)(H,80,111)(H,81,110)(H,82,118)(H,83,98)(H,84,99)(H,85,100)(H,86,101)(H,87,102)(H,88,103,113)(H,89,104,114)(H,90,105,115)(H,91,106,116)(H,92,107,117)/t51-,52-,53-,54-,55-/m1/s1. The minimum absolute atomic E-state index is 0.00415. The van der Waals surface area contributed by atoms with Gasteiger partial charge in [-0.15, -0.1) is 0 Å². The van der Waals surface area contributed by atoms with Gasteiger partial charge in [0.2, 0.25) is 53.2 Å². The fourth-order valence-electron chi connectivity index (χ4n) is 12.0. The zero-order valence-corrected chi connectivity index (χ0v) is 68.2. The van der Waals surface area contributed by atoms with E-state index in [1.165, 1.54) is 59.4 Å². The summed E-state index contributed by atoms with van der Waals surface area (Å²) in [6, 6.07) is 2.52. The first-order valence-electron chi connectivity index (χ1n) is 39.1. The van der Waals surface area contributed by atoms with Crippen molar-refractivity contribution in [1.29, 1.82) is 0 Å². The van der Waals surface area contributed by atoms with Crippen molar-refractivity contribution in [2.45, 2.75) is 227 Å². The predicted molar refractivity (Wildman–Crippen MR) is 432 cm³/mol. The summed E-state index contributed by atoms with van der Waals surface area (Å²) in [4.78, 5) is 283. The van der Waals surface area contributed by atoms with Crippen LogP contribution in [0.5, 0.6) is 0 Å². The van der Waals surface area contributed by atoms with Crippen molar-refractivity contribution in [3.05, 3.63) is 199 Å². The molecule has 6 rings (SSSR count). The number of alkyl carbamates (subject to hydrolysis) is 1. The zero-order valence-electron chi connectivity index (χ0n) is 68.2. The highest BCUT2D eigenvalue weighted by Crippen LogP contribution is 2.12. The number of nitrogens with one attached hydrogen (secondary N) is 15. The second-order valence-corrected chi connectivity index (χ2v) is 29.8. The molecule has 0 aliphatic carbocycles. The van der Waals surface area contributed by atoms with E-state index < -0.39 is 190 Å². The van der Waals surface area contributed by atoms with Gasteiger partial charge in [-0.1, -0.05) is 30.3 Å². The second-order valence-electron chi connectivity index (χ2n) is 29.8. The lowest BCUT2D eigenvalue weighted by Crippen LogP contribution is -2.49. The Balaban J connectivity index is 1.09. The number of carbonyl (C=O) groups excluding carboxylic acids is 11. The van der Waals surface area contributed by atoms with E-state index in [4.69, 9.17) is 9.47 Å². The van der Waals surface area contributed by atoms with Crippen LogP contribution in [0, 0.1) is 34.6 Å². The van der Waals surface area contributed by atoms with Crippen LogP contribution in [0.2, 0.25) is 0 Å². The molecule has 5 aromatic heterocycles. The van der Waals surface area contributed by atoms with E-state index in [1.807, 2.05) is 0 Å². The number of amides is 10. The van der Waals surface area contributed by atoms with Crippen molar-refractivity contribution in [3.8, 4) is 0 Å². The molecule has 5 atom stereocenters. The third-order valence-electron chi connectivity index (χ3n) is 18.4. The van der Waals surface area contributed by atoms with E-state index in [0.29, 0.717) is 18.4 Å². The average Bonchev–Trinajstić information content (AvgIpc) is 0.863. The van der Waals surface area contributed by atoms with Crippen molar-refractivity contribution >= 4 is 65.2 Å². The maximum atomic E-state index is 14.1. The number of hydrogen-bond acceptors (Lipinski definition) is 23. The summed E-state index contributed by atoms with van der Waals surface area (Å²) < 4.78 is 15.5. The molecule has 0 spiro atoms. The molecule has 0 saturated carbocycles. The summed E-state index contributed by atoms with van der Waals surface area (Å²) >= 11 is 0. The van der Waals surface area contributed by atoms with Crippen molar-refractivity contribution in [1.82, 2.24) is 101 Å². The van der Waals surface area contributed by atoms with Gasteiger partial charge in [0.1, 0.15) is 75.1 Å². The summed E-state index contributed by atoms with van der Waals surface area (Å²) in [5, 5.41) is 26.7. The molecule has 0 radical (unpaired) electrons. The molecular formula is C77H106N20O23. The van der Waals surface area contributed by atoms with Gasteiger partial charge in [-0.25, -0.2) is 33.6 Å². The van der Waals surface area contributed by atoms with Crippen LogP contribution in [0.3, 0.4) is 0 Å². The average molecular weight is 1680 g/mol. The molecule has 43 nitrogen and oxygen atoms in total. The Morgan fingerprint density at radius 1 is 0.333 bits per heavy atom. The summed E-state index contributed by atoms with van der Waals surface area (Å²) in [5.74, 6) is -7.40. The molecule has 15 N–H and O–H groups in total. The number of rotatable bonds is 47. The van der Waals surface area contributed by atoms with Crippen LogP contribution in [0.15, 0.2) is 109 Å². The van der Waals surface area contributed by atoms with Crippen LogP contribution < -0.4 is 109 Å². The molecule has 1 aromatic carbocycles.